The maximum atomic E-state index is 13.6. The van der Waals surface area contributed by atoms with E-state index in [1.807, 2.05) is 34.2 Å². The highest BCUT2D eigenvalue weighted by molar-refractivity contribution is 6.01. The number of nitrogens with one attached hydrogen (secondary N) is 1. The Balaban J connectivity index is 1.16. The number of aromatic nitrogens is 2. The summed E-state index contributed by atoms with van der Waals surface area (Å²) >= 11 is 0. The Morgan fingerprint density at radius 3 is 2.63 bits per heavy atom. The Hall–Kier alpha value is -4.01. The monoisotopic (exact) mass is 474 g/mol. The van der Waals surface area contributed by atoms with E-state index in [0.29, 0.717) is 55.3 Å². The summed E-state index contributed by atoms with van der Waals surface area (Å²) in [5.41, 5.74) is 2.82. The molecule has 4 heterocycles. The molecule has 0 atom stereocenters. The number of hydrogen-bond acceptors (Lipinski definition) is 6. The van der Waals surface area contributed by atoms with Gasteiger partial charge in [-0.2, -0.15) is 5.10 Å². The van der Waals surface area contributed by atoms with Gasteiger partial charge in [-0.25, -0.2) is 0 Å². The van der Waals surface area contributed by atoms with E-state index < -0.39 is 5.41 Å². The number of nitrogens with zero attached hydrogens (tertiary/aromatic N) is 3. The van der Waals surface area contributed by atoms with E-state index in [9.17, 15) is 9.59 Å². The molecule has 3 aliphatic heterocycles. The summed E-state index contributed by atoms with van der Waals surface area (Å²) in [5, 5.41) is 6.83. The number of carbonyl (C=O) groups is 2. The van der Waals surface area contributed by atoms with Crippen molar-refractivity contribution < 1.29 is 23.8 Å². The lowest BCUT2D eigenvalue weighted by molar-refractivity contribution is -0.127. The number of aromatic amines is 1. The third kappa shape index (κ3) is 3.58. The molecule has 6 rings (SSSR count). The molecule has 0 saturated carbocycles. The van der Waals surface area contributed by atoms with Crippen molar-refractivity contribution in [2.75, 3.05) is 38.4 Å². The predicted molar refractivity (Wildman–Crippen MR) is 128 cm³/mol. The van der Waals surface area contributed by atoms with Gasteiger partial charge in [-0.05, 0) is 49.6 Å². The molecule has 2 saturated heterocycles. The Kier molecular flexibility index (Phi) is 5.12. The van der Waals surface area contributed by atoms with Gasteiger partial charge in [0.1, 0.15) is 5.75 Å². The fraction of sp³-hybridized carbons (Fsp3) is 0.346. The highest BCUT2D eigenvalue weighted by atomic mass is 16.7. The maximum Gasteiger partial charge on any atom is 0.253 e. The number of amides is 2. The number of hydrogen-bond donors (Lipinski definition) is 1. The molecule has 9 heteroatoms. The minimum Gasteiger partial charge on any atom is -0.496 e. The number of fused-ring (bicyclic) bond motifs is 1. The number of carbonyl (C=O) groups excluding carboxylic acids is 2. The molecule has 35 heavy (non-hydrogen) atoms. The van der Waals surface area contributed by atoms with E-state index >= 15 is 0 Å². The van der Waals surface area contributed by atoms with E-state index in [0.717, 1.165) is 23.2 Å². The summed E-state index contributed by atoms with van der Waals surface area (Å²) in [6, 6.07) is 11.1. The first-order valence-corrected chi connectivity index (χ1v) is 11.8. The molecule has 2 amide bonds. The van der Waals surface area contributed by atoms with Crippen LogP contribution in [0, 0.1) is 5.41 Å². The Morgan fingerprint density at radius 2 is 1.86 bits per heavy atom. The first kappa shape index (κ1) is 21.5. The summed E-state index contributed by atoms with van der Waals surface area (Å²) in [6.45, 7) is 1.93. The summed E-state index contributed by atoms with van der Waals surface area (Å²) in [7, 11) is 1.63. The van der Waals surface area contributed by atoms with Gasteiger partial charge in [0.25, 0.3) is 5.91 Å². The summed E-state index contributed by atoms with van der Waals surface area (Å²) in [5.74, 6) is 2.04. The lowest BCUT2D eigenvalue weighted by Gasteiger charge is -2.38. The van der Waals surface area contributed by atoms with Crippen LogP contribution in [0.2, 0.25) is 0 Å². The minimum atomic E-state index is -0.428. The average Bonchev–Trinajstić information content (AvgIpc) is 3.65. The lowest BCUT2D eigenvalue weighted by Crippen LogP contribution is -2.46. The molecule has 180 valence electrons. The van der Waals surface area contributed by atoms with Gasteiger partial charge >= 0.3 is 0 Å². The van der Waals surface area contributed by atoms with Gasteiger partial charge in [-0.1, -0.05) is 0 Å². The molecular formula is C26H26N4O5. The Labute approximate surface area is 202 Å². The molecule has 1 spiro atoms. The first-order chi connectivity index (χ1) is 17.1. The zero-order valence-corrected chi connectivity index (χ0v) is 19.5. The second-order valence-electron chi connectivity index (χ2n) is 9.22. The third-order valence-electron chi connectivity index (χ3n) is 7.45. The molecule has 9 nitrogen and oxygen atoms in total. The number of methoxy groups -OCH3 is 1. The number of likely N-dealkylation sites (tertiary alicyclic amines) is 1. The molecule has 3 aliphatic rings. The van der Waals surface area contributed by atoms with E-state index in [1.54, 1.807) is 31.5 Å². The molecule has 3 aromatic rings. The van der Waals surface area contributed by atoms with Crippen molar-refractivity contribution in [3.8, 4) is 28.4 Å². The molecule has 0 aliphatic carbocycles. The standard InChI is InChI=1S/C26H26N4O5/c1-33-22-13-19(3-4-20(22)18-14-27-28-15-18)30-11-8-26(25(30)32)6-9-29(10-7-26)24(31)17-2-5-21-23(12-17)35-16-34-21/h2-5,12-15H,6-11,16H2,1H3,(H,27,28). The highest BCUT2D eigenvalue weighted by Crippen LogP contribution is 2.45. The van der Waals surface area contributed by atoms with Crippen LogP contribution in [0.1, 0.15) is 29.6 Å². The predicted octanol–water partition coefficient (Wildman–Crippen LogP) is 3.47. The molecule has 2 fully saturated rings. The molecule has 0 bridgehead atoms. The van der Waals surface area contributed by atoms with Crippen molar-refractivity contribution in [2.45, 2.75) is 19.3 Å². The van der Waals surface area contributed by atoms with Crippen LogP contribution < -0.4 is 19.1 Å². The smallest absolute Gasteiger partial charge is 0.253 e. The topological polar surface area (TPSA) is 97.0 Å². The Bertz CT molecular complexity index is 1280. The normalized spacial score (nSPS) is 18.4. The van der Waals surface area contributed by atoms with Crippen LogP contribution >= 0.6 is 0 Å². The van der Waals surface area contributed by atoms with Crippen LogP contribution in [0.4, 0.5) is 5.69 Å². The fourth-order valence-electron chi connectivity index (χ4n) is 5.37. The van der Waals surface area contributed by atoms with Crippen molar-refractivity contribution in [3.63, 3.8) is 0 Å². The number of benzene rings is 2. The van der Waals surface area contributed by atoms with Gasteiger partial charge in [0.2, 0.25) is 12.7 Å². The highest BCUT2D eigenvalue weighted by Gasteiger charge is 2.49. The van der Waals surface area contributed by atoms with E-state index in [4.69, 9.17) is 14.2 Å². The summed E-state index contributed by atoms with van der Waals surface area (Å²) in [4.78, 5) is 30.4. The van der Waals surface area contributed by atoms with Crippen molar-refractivity contribution in [2.24, 2.45) is 5.41 Å². The number of H-pyrrole nitrogens is 1. The number of rotatable bonds is 4. The van der Waals surface area contributed by atoms with Crippen LogP contribution in [0.25, 0.3) is 11.1 Å². The molecule has 1 aromatic heterocycles. The molecule has 1 N–H and O–H groups in total. The van der Waals surface area contributed by atoms with Crippen LogP contribution in [-0.2, 0) is 4.79 Å². The van der Waals surface area contributed by atoms with Gasteiger partial charge in [0, 0.05) is 54.3 Å². The fourth-order valence-corrected chi connectivity index (χ4v) is 5.37. The summed E-state index contributed by atoms with van der Waals surface area (Å²) in [6.07, 6.45) is 5.65. The van der Waals surface area contributed by atoms with E-state index in [1.165, 1.54) is 0 Å². The zero-order chi connectivity index (χ0) is 24.0. The number of anilines is 1. The molecular weight excluding hydrogens is 448 g/mol. The molecule has 0 radical (unpaired) electrons. The molecule has 2 aromatic carbocycles. The zero-order valence-electron chi connectivity index (χ0n) is 19.5. The van der Waals surface area contributed by atoms with Crippen molar-refractivity contribution in [1.82, 2.24) is 15.1 Å². The second kappa shape index (κ2) is 8.33. The third-order valence-corrected chi connectivity index (χ3v) is 7.45. The van der Waals surface area contributed by atoms with Gasteiger partial charge < -0.3 is 24.0 Å². The van der Waals surface area contributed by atoms with Crippen molar-refractivity contribution in [1.29, 1.82) is 0 Å². The van der Waals surface area contributed by atoms with Crippen LogP contribution in [0.5, 0.6) is 17.2 Å². The summed E-state index contributed by atoms with van der Waals surface area (Å²) < 4.78 is 16.4. The van der Waals surface area contributed by atoms with Crippen LogP contribution in [0.3, 0.4) is 0 Å². The SMILES string of the molecule is COc1cc(N2CCC3(CCN(C(=O)c4ccc5c(c4)OCO5)CC3)C2=O)ccc1-c1cn[nH]c1. The lowest BCUT2D eigenvalue weighted by atomic mass is 9.77. The van der Waals surface area contributed by atoms with Gasteiger partial charge in [0.15, 0.2) is 11.5 Å². The second-order valence-corrected chi connectivity index (χ2v) is 9.22. The van der Waals surface area contributed by atoms with E-state index in [-0.39, 0.29) is 18.6 Å². The van der Waals surface area contributed by atoms with Crippen molar-refractivity contribution >= 4 is 17.5 Å². The Morgan fingerprint density at radius 1 is 1.06 bits per heavy atom. The molecule has 0 unspecified atom stereocenters. The quantitative estimate of drug-likeness (QED) is 0.622. The first-order valence-electron chi connectivity index (χ1n) is 11.8. The largest absolute Gasteiger partial charge is 0.496 e. The van der Waals surface area contributed by atoms with Gasteiger partial charge in [-0.3, -0.25) is 14.7 Å². The number of piperidine rings is 1. The average molecular weight is 475 g/mol. The van der Waals surface area contributed by atoms with Crippen LogP contribution in [-0.4, -0.2) is 60.4 Å². The number of ether oxygens (including phenoxy) is 3. The van der Waals surface area contributed by atoms with Gasteiger partial charge in [-0.15, -0.1) is 0 Å². The van der Waals surface area contributed by atoms with Crippen LogP contribution in [0.15, 0.2) is 48.8 Å². The minimum absolute atomic E-state index is 0.0416. The van der Waals surface area contributed by atoms with Gasteiger partial charge in [0.05, 0.1) is 18.7 Å². The maximum absolute atomic E-state index is 13.6. The van der Waals surface area contributed by atoms with Crippen molar-refractivity contribution in [3.05, 3.63) is 54.4 Å². The van der Waals surface area contributed by atoms with E-state index in [2.05, 4.69) is 10.2 Å².